The largest absolute Gasteiger partial charge is 0.490 e. The lowest BCUT2D eigenvalue weighted by Gasteiger charge is -2.16. The second-order valence-electron chi connectivity index (χ2n) is 7.87. The minimum absolute atomic E-state index is 0.262. The molecule has 0 aliphatic heterocycles. The first-order valence-electron chi connectivity index (χ1n) is 10.8. The maximum absolute atomic E-state index is 12.8. The van der Waals surface area contributed by atoms with E-state index in [-0.39, 0.29) is 5.91 Å². The molecule has 0 saturated heterocycles. The number of carbonyl (C=O) groups is 1. The van der Waals surface area contributed by atoms with E-state index >= 15 is 0 Å². The monoisotopic (exact) mass is 444 g/mol. The lowest BCUT2D eigenvalue weighted by Crippen LogP contribution is -2.15. The number of rotatable bonds is 10. The normalized spacial score (nSPS) is 10.7. The molecule has 0 aromatic heterocycles. The summed E-state index contributed by atoms with van der Waals surface area (Å²) < 4.78 is 17.1. The van der Waals surface area contributed by atoms with E-state index in [1.54, 1.807) is 30.3 Å². The third-order valence-corrected chi connectivity index (χ3v) is 5.00. The zero-order valence-electron chi connectivity index (χ0n) is 19.1. The van der Waals surface area contributed by atoms with Crippen LogP contribution >= 0.6 is 0 Å². The number of ether oxygens (including phenoxy) is 3. The SMILES string of the molecule is CCOc1cc(C(=O)Nc2ccc(C(C)(C)C#N)cc2)ccc1OCCOc1ccccc1. The first-order valence-corrected chi connectivity index (χ1v) is 10.8. The quantitative estimate of drug-likeness (QED) is 0.412. The molecule has 0 atom stereocenters. The minimum Gasteiger partial charge on any atom is -0.490 e. The Balaban J connectivity index is 1.62. The van der Waals surface area contributed by atoms with Crippen LogP contribution in [0, 0.1) is 11.3 Å². The molecule has 1 N–H and O–H groups in total. The van der Waals surface area contributed by atoms with E-state index in [0.717, 1.165) is 11.3 Å². The molecule has 3 rings (SSSR count). The molecule has 1 amide bonds. The van der Waals surface area contributed by atoms with Crippen LogP contribution in [0.25, 0.3) is 0 Å². The standard InChI is InChI=1S/C27H28N2O4/c1-4-31-25-18-20(10-15-24(25)33-17-16-32-23-8-6-5-7-9-23)26(30)29-22-13-11-21(12-14-22)27(2,3)19-28/h5-15,18H,4,16-17H2,1-3H3,(H,29,30). The summed E-state index contributed by atoms with van der Waals surface area (Å²) in [5.74, 6) is 1.56. The summed E-state index contributed by atoms with van der Waals surface area (Å²) in [5.41, 5.74) is 1.40. The Morgan fingerprint density at radius 1 is 0.909 bits per heavy atom. The highest BCUT2D eigenvalue weighted by Gasteiger charge is 2.19. The number of benzene rings is 3. The fraction of sp³-hybridized carbons (Fsp3) is 0.259. The van der Waals surface area contributed by atoms with Crippen LogP contribution in [-0.2, 0) is 5.41 Å². The molecule has 33 heavy (non-hydrogen) atoms. The Morgan fingerprint density at radius 2 is 1.61 bits per heavy atom. The van der Waals surface area contributed by atoms with Crippen molar-refractivity contribution in [2.75, 3.05) is 25.1 Å². The maximum Gasteiger partial charge on any atom is 0.255 e. The van der Waals surface area contributed by atoms with Gasteiger partial charge in [-0.3, -0.25) is 4.79 Å². The van der Waals surface area contributed by atoms with E-state index in [4.69, 9.17) is 14.2 Å². The molecular formula is C27H28N2O4. The second-order valence-corrected chi connectivity index (χ2v) is 7.87. The predicted octanol–water partition coefficient (Wildman–Crippen LogP) is 5.60. The van der Waals surface area contributed by atoms with Crippen molar-refractivity contribution in [2.45, 2.75) is 26.2 Å². The smallest absolute Gasteiger partial charge is 0.255 e. The van der Waals surface area contributed by atoms with Gasteiger partial charge >= 0.3 is 0 Å². The van der Waals surface area contributed by atoms with Crippen LogP contribution < -0.4 is 19.5 Å². The third-order valence-electron chi connectivity index (χ3n) is 5.00. The summed E-state index contributed by atoms with van der Waals surface area (Å²) in [7, 11) is 0. The first kappa shape index (κ1) is 23.7. The van der Waals surface area contributed by atoms with Gasteiger partial charge in [-0.15, -0.1) is 0 Å². The van der Waals surface area contributed by atoms with Crippen LogP contribution in [0.1, 0.15) is 36.7 Å². The number of nitriles is 1. The van der Waals surface area contributed by atoms with Gasteiger partial charge in [0.2, 0.25) is 0 Å². The van der Waals surface area contributed by atoms with Crippen molar-refractivity contribution >= 4 is 11.6 Å². The van der Waals surface area contributed by atoms with Gasteiger partial charge in [0.1, 0.15) is 19.0 Å². The Bertz CT molecular complexity index is 1100. The Hall–Kier alpha value is -3.98. The second kappa shape index (κ2) is 11.1. The number of amides is 1. The molecule has 6 heteroatoms. The van der Waals surface area contributed by atoms with Crippen LogP contribution in [0.3, 0.4) is 0 Å². The predicted molar refractivity (Wildman–Crippen MR) is 128 cm³/mol. The maximum atomic E-state index is 12.8. The number of carbonyl (C=O) groups excluding carboxylic acids is 1. The van der Waals surface area contributed by atoms with Gasteiger partial charge in [0.15, 0.2) is 11.5 Å². The highest BCUT2D eigenvalue weighted by molar-refractivity contribution is 6.04. The lowest BCUT2D eigenvalue weighted by molar-refractivity contribution is 0.102. The molecule has 3 aromatic carbocycles. The fourth-order valence-electron chi connectivity index (χ4n) is 3.10. The van der Waals surface area contributed by atoms with E-state index < -0.39 is 5.41 Å². The third kappa shape index (κ3) is 6.50. The van der Waals surface area contributed by atoms with Gasteiger partial charge in [0, 0.05) is 11.3 Å². The van der Waals surface area contributed by atoms with Crippen molar-refractivity contribution in [2.24, 2.45) is 0 Å². The summed E-state index contributed by atoms with van der Waals surface area (Å²) >= 11 is 0. The average Bonchev–Trinajstić information content (AvgIpc) is 2.83. The molecule has 0 bridgehead atoms. The van der Waals surface area contributed by atoms with E-state index in [0.29, 0.717) is 42.6 Å². The number of nitrogens with zero attached hydrogens (tertiary/aromatic N) is 1. The molecule has 0 heterocycles. The van der Waals surface area contributed by atoms with Gasteiger partial charge in [-0.25, -0.2) is 0 Å². The van der Waals surface area contributed by atoms with E-state index in [1.165, 1.54) is 0 Å². The van der Waals surface area contributed by atoms with Gasteiger partial charge < -0.3 is 19.5 Å². The van der Waals surface area contributed by atoms with Gasteiger partial charge in [0.25, 0.3) is 5.91 Å². The molecule has 0 radical (unpaired) electrons. The molecule has 0 saturated carbocycles. The van der Waals surface area contributed by atoms with Crippen LogP contribution in [0.2, 0.25) is 0 Å². The fourth-order valence-corrected chi connectivity index (χ4v) is 3.10. The number of nitrogens with one attached hydrogen (secondary N) is 1. The molecule has 170 valence electrons. The molecule has 0 spiro atoms. The zero-order chi connectivity index (χ0) is 23.7. The van der Waals surface area contributed by atoms with E-state index in [9.17, 15) is 10.1 Å². The van der Waals surface area contributed by atoms with Crippen molar-refractivity contribution in [1.29, 1.82) is 5.26 Å². The Morgan fingerprint density at radius 3 is 2.27 bits per heavy atom. The molecule has 0 aliphatic carbocycles. The summed E-state index contributed by atoms with van der Waals surface area (Å²) in [5, 5.41) is 12.2. The topological polar surface area (TPSA) is 80.6 Å². The number of hydrogen-bond acceptors (Lipinski definition) is 5. The molecular weight excluding hydrogens is 416 g/mol. The van der Waals surface area contributed by atoms with Crippen molar-refractivity contribution in [1.82, 2.24) is 0 Å². The summed E-state index contributed by atoms with van der Waals surface area (Å²) in [6.45, 7) is 6.75. The Labute approximate surface area is 194 Å². The summed E-state index contributed by atoms with van der Waals surface area (Å²) in [6, 6.07) is 24.2. The van der Waals surface area contributed by atoms with Gasteiger partial charge in [-0.2, -0.15) is 5.26 Å². The molecule has 6 nitrogen and oxygen atoms in total. The van der Waals surface area contributed by atoms with Gasteiger partial charge in [-0.05, 0) is 68.8 Å². The van der Waals surface area contributed by atoms with Crippen LogP contribution in [-0.4, -0.2) is 25.7 Å². The van der Waals surface area contributed by atoms with Crippen molar-refractivity contribution in [3.63, 3.8) is 0 Å². The van der Waals surface area contributed by atoms with Gasteiger partial charge in [0.05, 0.1) is 18.1 Å². The molecule has 0 unspecified atom stereocenters. The first-order chi connectivity index (χ1) is 15.9. The van der Waals surface area contributed by atoms with Crippen molar-refractivity contribution in [3.8, 4) is 23.3 Å². The summed E-state index contributed by atoms with van der Waals surface area (Å²) in [4.78, 5) is 12.8. The number of para-hydroxylation sites is 1. The molecule has 0 fully saturated rings. The average molecular weight is 445 g/mol. The van der Waals surface area contributed by atoms with Crippen molar-refractivity contribution in [3.05, 3.63) is 83.9 Å². The highest BCUT2D eigenvalue weighted by atomic mass is 16.5. The summed E-state index contributed by atoms with van der Waals surface area (Å²) in [6.07, 6.45) is 0. The van der Waals surface area contributed by atoms with Crippen LogP contribution in [0.15, 0.2) is 72.8 Å². The lowest BCUT2D eigenvalue weighted by atomic mass is 9.86. The van der Waals surface area contributed by atoms with Crippen LogP contribution in [0.5, 0.6) is 17.2 Å². The molecule has 0 aliphatic rings. The number of anilines is 1. The minimum atomic E-state index is -0.586. The van der Waals surface area contributed by atoms with Gasteiger partial charge in [-0.1, -0.05) is 30.3 Å². The van der Waals surface area contributed by atoms with E-state index in [1.807, 2.05) is 63.2 Å². The number of hydrogen-bond donors (Lipinski definition) is 1. The zero-order valence-corrected chi connectivity index (χ0v) is 19.1. The highest BCUT2D eigenvalue weighted by Crippen LogP contribution is 2.29. The molecule has 3 aromatic rings. The van der Waals surface area contributed by atoms with Crippen LogP contribution in [0.4, 0.5) is 5.69 Å². The van der Waals surface area contributed by atoms with Crippen molar-refractivity contribution < 1.29 is 19.0 Å². The van der Waals surface area contributed by atoms with E-state index in [2.05, 4.69) is 11.4 Å². The Kier molecular flexibility index (Phi) is 7.93.